The van der Waals surface area contributed by atoms with Gasteiger partial charge in [0.25, 0.3) is 0 Å². The number of nitrogens with zero attached hydrogens (tertiary/aromatic N) is 2. The average molecular weight is 229 g/mol. The van der Waals surface area contributed by atoms with Gasteiger partial charge in [0.2, 0.25) is 5.90 Å². The largest absolute Gasteiger partial charge is 0.475 e. The lowest BCUT2D eigenvalue weighted by Crippen LogP contribution is -2.02. The number of aliphatic imine (C=N–C) groups is 1. The van der Waals surface area contributed by atoms with Gasteiger partial charge in [-0.15, -0.1) is 0 Å². The van der Waals surface area contributed by atoms with Gasteiger partial charge in [-0.3, -0.25) is 0 Å². The van der Waals surface area contributed by atoms with Crippen molar-refractivity contribution in [1.82, 2.24) is 5.16 Å². The van der Waals surface area contributed by atoms with E-state index in [1.807, 2.05) is 24.3 Å². The Hall–Kier alpha value is -2.30. The molecular weight excluding hydrogens is 218 g/mol. The summed E-state index contributed by atoms with van der Waals surface area (Å²) in [5, 5.41) is 3.68. The van der Waals surface area contributed by atoms with Crippen molar-refractivity contribution in [3.8, 4) is 11.3 Å². The lowest BCUT2D eigenvalue weighted by molar-refractivity contribution is 0.348. The summed E-state index contributed by atoms with van der Waals surface area (Å²) in [5.41, 5.74) is 7.34. The molecule has 1 aromatic carbocycles. The quantitative estimate of drug-likeness (QED) is 0.850. The summed E-state index contributed by atoms with van der Waals surface area (Å²) in [6.45, 7) is 1.32. The molecule has 0 spiro atoms. The molecule has 86 valence electrons. The van der Waals surface area contributed by atoms with Gasteiger partial charge in [0.05, 0.1) is 6.54 Å². The molecule has 2 N–H and O–H groups in total. The van der Waals surface area contributed by atoms with Crippen LogP contribution >= 0.6 is 0 Å². The molecule has 0 radical (unpaired) electrons. The third kappa shape index (κ3) is 1.75. The van der Waals surface area contributed by atoms with E-state index in [1.165, 1.54) is 0 Å². The minimum Gasteiger partial charge on any atom is -0.475 e. The van der Waals surface area contributed by atoms with Gasteiger partial charge in [-0.25, -0.2) is 4.99 Å². The molecule has 0 amide bonds. The molecular formula is C12H11N3O2. The van der Waals surface area contributed by atoms with Crippen molar-refractivity contribution in [3.63, 3.8) is 0 Å². The lowest BCUT2D eigenvalue weighted by atomic mass is 10.1. The van der Waals surface area contributed by atoms with E-state index in [1.54, 1.807) is 6.07 Å². The maximum atomic E-state index is 5.55. The van der Waals surface area contributed by atoms with Gasteiger partial charge >= 0.3 is 0 Å². The molecule has 0 atom stereocenters. The molecule has 0 unspecified atom stereocenters. The molecule has 1 aromatic heterocycles. The predicted octanol–water partition coefficient (Wildman–Crippen LogP) is 1.70. The van der Waals surface area contributed by atoms with Gasteiger partial charge in [-0.05, 0) is 6.07 Å². The Labute approximate surface area is 97.9 Å². The Morgan fingerprint density at radius 2 is 2.00 bits per heavy atom. The Kier molecular flexibility index (Phi) is 2.29. The monoisotopic (exact) mass is 229 g/mol. The van der Waals surface area contributed by atoms with Crippen LogP contribution in [0.1, 0.15) is 5.56 Å². The van der Waals surface area contributed by atoms with Crippen molar-refractivity contribution >= 4 is 11.7 Å². The second-order valence-electron chi connectivity index (χ2n) is 3.70. The van der Waals surface area contributed by atoms with E-state index in [-0.39, 0.29) is 0 Å². The van der Waals surface area contributed by atoms with E-state index in [2.05, 4.69) is 10.1 Å². The van der Waals surface area contributed by atoms with E-state index >= 15 is 0 Å². The zero-order valence-electron chi connectivity index (χ0n) is 9.09. The minimum atomic E-state index is 0.365. The topological polar surface area (TPSA) is 73.6 Å². The average Bonchev–Trinajstić information content (AvgIpc) is 3.00. The maximum Gasteiger partial charge on any atom is 0.217 e. The van der Waals surface area contributed by atoms with E-state index in [0.717, 1.165) is 11.1 Å². The maximum absolute atomic E-state index is 5.55. The number of benzene rings is 1. The summed E-state index contributed by atoms with van der Waals surface area (Å²) in [6.07, 6.45) is 0. The number of anilines is 1. The van der Waals surface area contributed by atoms with Crippen LogP contribution in [0.3, 0.4) is 0 Å². The highest BCUT2D eigenvalue weighted by Gasteiger charge is 2.17. The van der Waals surface area contributed by atoms with Crippen molar-refractivity contribution in [1.29, 1.82) is 0 Å². The summed E-state index contributed by atoms with van der Waals surface area (Å²) in [7, 11) is 0. The molecule has 0 fully saturated rings. The molecule has 2 heterocycles. The SMILES string of the molecule is Nc1cc(-c2ccccc2C2=NCCO2)on1. The van der Waals surface area contributed by atoms with Crippen molar-refractivity contribution < 1.29 is 9.26 Å². The third-order valence-electron chi connectivity index (χ3n) is 2.54. The first-order valence-corrected chi connectivity index (χ1v) is 5.34. The molecule has 5 nitrogen and oxygen atoms in total. The normalized spacial score (nSPS) is 14.5. The molecule has 1 aliphatic heterocycles. The first-order chi connectivity index (χ1) is 8.34. The van der Waals surface area contributed by atoms with E-state index in [4.69, 9.17) is 15.0 Å². The number of rotatable bonds is 2. The zero-order chi connectivity index (χ0) is 11.7. The molecule has 17 heavy (non-hydrogen) atoms. The van der Waals surface area contributed by atoms with Crippen molar-refractivity contribution in [2.45, 2.75) is 0 Å². The van der Waals surface area contributed by atoms with Crippen molar-refractivity contribution in [2.75, 3.05) is 18.9 Å². The Morgan fingerprint density at radius 3 is 2.65 bits per heavy atom. The van der Waals surface area contributed by atoms with Gasteiger partial charge in [0, 0.05) is 17.2 Å². The van der Waals surface area contributed by atoms with Crippen LogP contribution in [0.2, 0.25) is 0 Å². The smallest absolute Gasteiger partial charge is 0.217 e. The first kappa shape index (κ1) is 9.89. The summed E-state index contributed by atoms with van der Waals surface area (Å²) in [4.78, 5) is 4.30. The van der Waals surface area contributed by atoms with E-state index in [0.29, 0.717) is 30.6 Å². The van der Waals surface area contributed by atoms with Gasteiger partial charge in [0.15, 0.2) is 11.6 Å². The van der Waals surface area contributed by atoms with Crippen LogP contribution < -0.4 is 5.73 Å². The Bertz CT molecular complexity index is 575. The highest BCUT2D eigenvalue weighted by molar-refractivity contribution is 6.00. The van der Waals surface area contributed by atoms with Gasteiger partial charge in [0.1, 0.15) is 6.61 Å². The number of nitrogens with two attached hydrogens (primary N) is 1. The number of hydrogen-bond donors (Lipinski definition) is 1. The van der Waals surface area contributed by atoms with Crippen LogP contribution in [0, 0.1) is 0 Å². The number of aromatic nitrogens is 1. The summed E-state index contributed by atoms with van der Waals surface area (Å²) in [5.74, 6) is 1.64. The summed E-state index contributed by atoms with van der Waals surface area (Å²) in [6, 6.07) is 9.42. The highest BCUT2D eigenvalue weighted by atomic mass is 16.5. The minimum absolute atomic E-state index is 0.365. The van der Waals surface area contributed by atoms with Crippen LogP contribution in [0.4, 0.5) is 5.82 Å². The zero-order valence-corrected chi connectivity index (χ0v) is 9.09. The van der Waals surface area contributed by atoms with Gasteiger partial charge < -0.3 is 15.0 Å². The number of nitrogen functional groups attached to an aromatic ring is 1. The number of ether oxygens (including phenoxy) is 1. The van der Waals surface area contributed by atoms with Crippen molar-refractivity contribution in [2.24, 2.45) is 4.99 Å². The summed E-state index contributed by atoms with van der Waals surface area (Å²) < 4.78 is 10.6. The molecule has 0 aliphatic carbocycles. The molecule has 0 saturated carbocycles. The second-order valence-corrected chi connectivity index (χ2v) is 3.70. The molecule has 0 bridgehead atoms. The first-order valence-electron chi connectivity index (χ1n) is 5.34. The fourth-order valence-electron chi connectivity index (χ4n) is 1.80. The molecule has 3 rings (SSSR count). The Balaban J connectivity index is 2.10. The van der Waals surface area contributed by atoms with Crippen molar-refractivity contribution in [3.05, 3.63) is 35.9 Å². The van der Waals surface area contributed by atoms with E-state index in [9.17, 15) is 0 Å². The lowest BCUT2D eigenvalue weighted by Gasteiger charge is -2.05. The molecule has 1 aliphatic rings. The molecule has 5 heteroatoms. The van der Waals surface area contributed by atoms with Crippen LogP contribution in [0.5, 0.6) is 0 Å². The molecule has 2 aromatic rings. The van der Waals surface area contributed by atoms with Gasteiger partial charge in [-0.2, -0.15) is 0 Å². The fourth-order valence-corrected chi connectivity index (χ4v) is 1.80. The van der Waals surface area contributed by atoms with E-state index < -0.39 is 0 Å². The number of hydrogen-bond acceptors (Lipinski definition) is 5. The predicted molar refractivity (Wildman–Crippen MR) is 63.7 cm³/mol. The summed E-state index contributed by atoms with van der Waals surface area (Å²) >= 11 is 0. The standard InChI is InChI=1S/C12H11N3O2/c13-11-7-10(17-15-11)8-3-1-2-4-9(8)12-14-5-6-16-12/h1-4,7H,5-6H2,(H2,13,15). The van der Waals surface area contributed by atoms with Crippen LogP contribution in [0.15, 0.2) is 39.8 Å². The highest BCUT2D eigenvalue weighted by Crippen LogP contribution is 2.26. The molecule has 0 saturated heterocycles. The Morgan fingerprint density at radius 1 is 1.18 bits per heavy atom. The van der Waals surface area contributed by atoms with Gasteiger partial charge in [-0.1, -0.05) is 23.4 Å². The third-order valence-corrected chi connectivity index (χ3v) is 2.54. The fraction of sp³-hybridized carbons (Fsp3) is 0.167. The van der Waals surface area contributed by atoms with Crippen LogP contribution in [0.25, 0.3) is 11.3 Å². The second kappa shape index (κ2) is 3.93. The van der Waals surface area contributed by atoms with Crippen LogP contribution in [-0.2, 0) is 4.74 Å². The van der Waals surface area contributed by atoms with Crippen LogP contribution in [-0.4, -0.2) is 24.2 Å².